The molecule has 2 rings (SSSR count). The minimum Gasteiger partial charge on any atom is -0.496 e. The zero-order valence-corrected chi connectivity index (χ0v) is 10.2. The zero-order valence-electron chi connectivity index (χ0n) is 8.63. The summed E-state index contributed by atoms with van der Waals surface area (Å²) in [5, 5.41) is 0. The van der Waals surface area contributed by atoms with Crippen molar-refractivity contribution in [1.29, 1.82) is 0 Å². The molecule has 0 bridgehead atoms. The molecule has 0 atom stereocenters. The van der Waals surface area contributed by atoms with E-state index in [0.29, 0.717) is 6.61 Å². The lowest BCUT2D eigenvalue weighted by molar-refractivity contribution is 0.116. The molecule has 1 aliphatic carbocycles. The van der Waals surface area contributed by atoms with Crippen LogP contribution in [0.15, 0.2) is 22.7 Å². The molecule has 1 aromatic carbocycles. The van der Waals surface area contributed by atoms with Crippen LogP contribution >= 0.6 is 15.9 Å². The summed E-state index contributed by atoms with van der Waals surface area (Å²) in [7, 11) is 1.66. The van der Waals surface area contributed by atoms with E-state index in [-0.39, 0.29) is 5.41 Å². The van der Waals surface area contributed by atoms with Gasteiger partial charge in [-0.15, -0.1) is 0 Å². The fourth-order valence-corrected chi connectivity index (χ4v) is 2.36. The van der Waals surface area contributed by atoms with Crippen molar-refractivity contribution in [2.24, 2.45) is 5.90 Å². The molecule has 0 heterocycles. The van der Waals surface area contributed by atoms with Gasteiger partial charge >= 0.3 is 0 Å². The maximum absolute atomic E-state index is 5.19. The lowest BCUT2D eigenvalue weighted by Gasteiger charge is -2.15. The lowest BCUT2D eigenvalue weighted by Crippen LogP contribution is -2.18. The van der Waals surface area contributed by atoms with Gasteiger partial charge in [-0.2, -0.15) is 0 Å². The Morgan fingerprint density at radius 3 is 2.67 bits per heavy atom. The van der Waals surface area contributed by atoms with E-state index >= 15 is 0 Å². The van der Waals surface area contributed by atoms with Crippen LogP contribution in [-0.4, -0.2) is 13.7 Å². The summed E-state index contributed by atoms with van der Waals surface area (Å²) in [4.78, 5) is 4.77. The Labute approximate surface area is 97.6 Å². The zero-order chi connectivity index (χ0) is 10.9. The highest BCUT2D eigenvalue weighted by Gasteiger charge is 2.44. The van der Waals surface area contributed by atoms with Crippen molar-refractivity contribution in [1.82, 2.24) is 0 Å². The van der Waals surface area contributed by atoms with Crippen molar-refractivity contribution in [3.63, 3.8) is 0 Å². The molecular formula is C11H14BrNO2. The predicted molar refractivity (Wildman–Crippen MR) is 61.7 cm³/mol. The summed E-state index contributed by atoms with van der Waals surface area (Å²) in [5.74, 6) is 6.00. The van der Waals surface area contributed by atoms with Crippen molar-refractivity contribution in [3.8, 4) is 5.75 Å². The molecule has 0 amide bonds. The van der Waals surface area contributed by atoms with Crippen molar-refractivity contribution >= 4 is 15.9 Å². The Morgan fingerprint density at radius 1 is 1.47 bits per heavy atom. The van der Waals surface area contributed by atoms with Crippen molar-refractivity contribution in [2.75, 3.05) is 13.7 Å². The van der Waals surface area contributed by atoms with Crippen molar-refractivity contribution < 1.29 is 9.57 Å². The minimum absolute atomic E-state index is 0.142. The second kappa shape index (κ2) is 4.12. The van der Waals surface area contributed by atoms with Crippen LogP contribution in [0.3, 0.4) is 0 Å². The molecule has 1 aromatic rings. The highest BCUT2D eigenvalue weighted by Crippen LogP contribution is 2.49. The average molecular weight is 272 g/mol. The van der Waals surface area contributed by atoms with Crippen LogP contribution in [0.1, 0.15) is 18.4 Å². The third-order valence-corrected chi connectivity index (χ3v) is 3.60. The van der Waals surface area contributed by atoms with Crippen molar-refractivity contribution in [3.05, 3.63) is 28.2 Å². The summed E-state index contributed by atoms with van der Waals surface area (Å²) in [5.41, 5.74) is 1.41. The highest BCUT2D eigenvalue weighted by molar-refractivity contribution is 9.10. The van der Waals surface area contributed by atoms with E-state index in [2.05, 4.69) is 28.1 Å². The Balaban J connectivity index is 2.26. The van der Waals surface area contributed by atoms with E-state index in [1.165, 1.54) is 5.56 Å². The molecule has 0 spiro atoms. The van der Waals surface area contributed by atoms with Gasteiger partial charge in [0.25, 0.3) is 0 Å². The Kier molecular flexibility index (Phi) is 3.00. The summed E-state index contributed by atoms with van der Waals surface area (Å²) in [6.45, 7) is 0.589. The number of rotatable bonds is 4. The van der Waals surface area contributed by atoms with Gasteiger partial charge < -0.3 is 9.57 Å². The molecule has 2 N–H and O–H groups in total. The van der Waals surface area contributed by atoms with Crippen LogP contribution in [0.5, 0.6) is 5.75 Å². The van der Waals surface area contributed by atoms with Gasteiger partial charge in [0.2, 0.25) is 0 Å². The van der Waals surface area contributed by atoms with Gasteiger partial charge in [0.05, 0.1) is 18.2 Å². The Morgan fingerprint density at radius 2 is 2.20 bits per heavy atom. The first kappa shape index (κ1) is 10.9. The van der Waals surface area contributed by atoms with Gasteiger partial charge in [0, 0.05) is 5.41 Å². The molecule has 0 unspecified atom stereocenters. The fraction of sp³-hybridized carbons (Fsp3) is 0.455. The SMILES string of the molecule is COc1ccc(C2(CON)CC2)cc1Br. The molecule has 0 saturated heterocycles. The maximum atomic E-state index is 5.19. The van der Waals surface area contributed by atoms with Crippen molar-refractivity contribution in [2.45, 2.75) is 18.3 Å². The monoisotopic (exact) mass is 271 g/mol. The van der Waals surface area contributed by atoms with Crippen LogP contribution in [-0.2, 0) is 10.3 Å². The topological polar surface area (TPSA) is 44.5 Å². The molecule has 0 aliphatic heterocycles. The highest BCUT2D eigenvalue weighted by atomic mass is 79.9. The number of nitrogens with two attached hydrogens (primary N) is 1. The Hall–Kier alpha value is -0.580. The first-order valence-corrected chi connectivity index (χ1v) is 5.67. The molecule has 3 nitrogen and oxygen atoms in total. The molecule has 0 radical (unpaired) electrons. The van der Waals surface area contributed by atoms with E-state index in [1.807, 2.05) is 6.07 Å². The second-order valence-corrected chi connectivity index (χ2v) is 4.79. The van der Waals surface area contributed by atoms with E-state index < -0.39 is 0 Å². The van der Waals surface area contributed by atoms with Crippen LogP contribution in [0.25, 0.3) is 0 Å². The van der Waals surface area contributed by atoms with Crippen LogP contribution < -0.4 is 10.6 Å². The molecule has 15 heavy (non-hydrogen) atoms. The number of hydrogen-bond acceptors (Lipinski definition) is 3. The molecule has 1 fully saturated rings. The molecule has 4 heteroatoms. The summed E-state index contributed by atoms with van der Waals surface area (Å²) >= 11 is 3.48. The Bertz CT molecular complexity index is 364. The van der Waals surface area contributed by atoms with Gasteiger partial charge in [-0.1, -0.05) is 6.07 Å². The van der Waals surface area contributed by atoms with Gasteiger partial charge in [-0.25, -0.2) is 5.90 Å². The molecule has 1 saturated carbocycles. The number of methoxy groups -OCH3 is 1. The number of ether oxygens (including phenoxy) is 1. The third kappa shape index (κ3) is 2.02. The van der Waals surface area contributed by atoms with Gasteiger partial charge in [-0.3, -0.25) is 0 Å². The van der Waals surface area contributed by atoms with Crippen LogP contribution in [0, 0.1) is 0 Å². The smallest absolute Gasteiger partial charge is 0.133 e. The molecule has 1 aliphatic rings. The number of halogens is 1. The summed E-state index contributed by atoms with van der Waals surface area (Å²) < 4.78 is 6.17. The van der Waals surface area contributed by atoms with Gasteiger partial charge in [0.15, 0.2) is 0 Å². The van der Waals surface area contributed by atoms with Gasteiger partial charge in [0.1, 0.15) is 5.75 Å². The second-order valence-electron chi connectivity index (χ2n) is 3.94. The standard InChI is InChI=1S/C11H14BrNO2/c1-14-10-3-2-8(6-9(10)12)11(4-5-11)7-15-13/h2-3,6H,4-5,7,13H2,1H3. The van der Waals surface area contributed by atoms with E-state index in [0.717, 1.165) is 23.1 Å². The normalized spacial score (nSPS) is 17.5. The molecule has 82 valence electrons. The largest absolute Gasteiger partial charge is 0.496 e. The minimum atomic E-state index is 0.142. The quantitative estimate of drug-likeness (QED) is 0.856. The van der Waals surface area contributed by atoms with E-state index in [9.17, 15) is 0 Å². The fourth-order valence-electron chi connectivity index (χ4n) is 1.82. The van der Waals surface area contributed by atoms with Crippen LogP contribution in [0.2, 0.25) is 0 Å². The lowest BCUT2D eigenvalue weighted by atomic mass is 9.97. The van der Waals surface area contributed by atoms with Crippen LogP contribution in [0.4, 0.5) is 0 Å². The third-order valence-electron chi connectivity index (χ3n) is 2.98. The first-order chi connectivity index (χ1) is 7.22. The first-order valence-electron chi connectivity index (χ1n) is 4.87. The maximum Gasteiger partial charge on any atom is 0.133 e. The molecular weight excluding hydrogens is 258 g/mol. The summed E-state index contributed by atoms with van der Waals surface area (Å²) in [6.07, 6.45) is 2.28. The number of benzene rings is 1. The predicted octanol–water partition coefficient (Wildman–Crippen LogP) is 2.38. The van der Waals surface area contributed by atoms with E-state index in [4.69, 9.17) is 15.5 Å². The average Bonchev–Trinajstić information content (AvgIpc) is 2.99. The van der Waals surface area contributed by atoms with Gasteiger partial charge in [-0.05, 0) is 46.5 Å². The molecule has 0 aromatic heterocycles. The summed E-state index contributed by atoms with van der Waals surface area (Å²) in [6, 6.07) is 6.14. The number of hydrogen-bond donors (Lipinski definition) is 1. The van der Waals surface area contributed by atoms with E-state index in [1.54, 1.807) is 7.11 Å².